The van der Waals surface area contributed by atoms with Gasteiger partial charge in [0.05, 0.1) is 29.8 Å². The van der Waals surface area contributed by atoms with Crippen LogP contribution in [0.4, 0.5) is 5.69 Å². The molecule has 1 N–H and O–H groups in total. The van der Waals surface area contributed by atoms with Gasteiger partial charge in [-0.3, -0.25) is 4.79 Å². The molecule has 0 bridgehead atoms. The number of hydrogen-bond acceptors (Lipinski definition) is 7. The van der Waals surface area contributed by atoms with Gasteiger partial charge in [-0.2, -0.15) is 0 Å². The van der Waals surface area contributed by atoms with Crippen molar-refractivity contribution < 1.29 is 24.2 Å². The lowest BCUT2D eigenvalue weighted by Gasteiger charge is -2.16. The molecule has 2 aliphatic rings. The molecule has 208 valence electrons. The van der Waals surface area contributed by atoms with Crippen molar-refractivity contribution in [2.45, 2.75) is 39.7 Å². The van der Waals surface area contributed by atoms with Gasteiger partial charge in [0.25, 0.3) is 0 Å². The number of benzene rings is 2. The Kier molecular flexibility index (Phi) is 8.30. The molecule has 0 spiro atoms. The molecule has 0 saturated carbocycles. The third-order valence-electron chi connectivity index (χ3n) is 7.12. The Hall–Kier alpha value is -3.98. The van der Waals surface area contributed by atoms with Crippen LogP contribution in [0.1, 0.15) is 37.8 Å². The summed E-state index contributed by atoms with van der Waals surface area (Å²) in [6, 6.07) is 13.2. The lowest BCUT2D eigenvalue weighted by atomic mass is 10.1. The third kappa shape index (κ3) is 5.51. The number of carbonyl (C=O) groups is 2. The summed E-state index contributed by atoms with van der Waals surface area (Å²) in [7, 11) is 1.59. The predicted octanol–water partition coefficient (Wildman–Crippen LogP) is 6.03. The van der Waals surface area contributed by atoms with Crippen molar-refractivity contribution in [3.8, 4) is 5.75 Å². The second kappa shape index (κ2) is 12.0. The summed E-state index contributed by atoms with van der Waals surface area (Å²) in [5.74, 6) is 0.00105. The van der Waals surface area contributed by atoms with Gasteiger partial charge >= 0.3 is 5.97 Å². The quantitative estimate of drug-likeness (QED) is 0.339. The van der Waals surface area contributed by atoms with Gasteiger partial charge in [0.1, 0.15) is 28.7 Å². The maximum absolute atomic E-state index is 13.1. The largest absolute Gasteiger partial charge is 0.506 e. The van der Waals surface area contributed by atoms with Gasteiger partial charge in [-0.25, -0.2) is 9.79 Å². The van der Waals surface area contributed by atoms with E-state index in [0.717, 1.165) is 54.4 Å². The number of aryl methyl sites for hydroxylation is 1. The molecule has 9 heteroatoms. The molecule has 3 heterocycles. The summed E-state index contributed by atoms with van der Waals surface area (Å²) in [4.78, 5) is 33.0. The van der Waals surface area contributed by atoms with E-state index in [2.05, 4.69) is 18.0 Å². The molecule has 1 amide bonds. The van der Waals surface area contributed by atoms with Gasteiger partial charge in [0.2, 0.25) is 5.91 Å². The van der Waals surface area contributed by atoms with Gasteiger partial charge in [0.15, 0.2) is 0 Å². The second-order valence-corrected chi connectivity index (χ2v) is 10.7. The second-order valence-electron chi connectivity index (χ2n) is 9.64. The predicted molar refractivity (Wildman–Crippen MR) is 159 cm³/mol. The molecule has 1 aromatic heterocycles. The lowest BCUT2D eigenvalue weighted by molar-refractivity contribution is -0.138. The monoisotopic (exact) mass is 559 g/mol. The van der Waals surface area contributed by atoms with E-state index in [1.165, 1.54) is 11.8 Å². The molecule has 3 aromatic rings. The van der Waals surface area contributed by atoms with Crippen molar-refractivity contribution in [1.29, 1.82) is 0 Å². The summed E-state index contributed by atoms with van der Waals surface area (Å²) in [6.07, 6.45) is 6.72. The highest BCUT2D eigenvalue weighted by molar-refractivity contribution is 8.18. The van der Waals surface area contributed by atoms with Crippen molar-refractivity contribution in [2.24, 2.45) is 4.99 Å². The number of aromatic nitrogens is 1. The molecule has 0 radical (unpaired) electrons. The number of ether oxygens (including phenoxy) is 2. The normalized spacial score (nSPS) is 17.4. The Morgan fingerprint density at radius 2 is 1.85 bits per heavy atom. The lowest BCUT2D eigenvalue weighted by Crippen LogP contribution is -2.30. The zero-order valence-electron chi connectivity index (χ0n) is 23.0. The highest BCUT2D eigenvalue weighted by Crippen LogP contribution is 2.41. The number of thioether (sulfide) groups is 1. The van der Waals surface area contributed by atoms with Crippen LogP contribution in [0.5, 0.6) is 5.75 Å². The summed E-state index contributed by atoms with van der Waals surface area (Å²) in [5.41, 5.74) is 3.65. The minimum absolute atomic E-state index is 0.0381. The fourth-order valence-corrected chi connectivity index (χ4v) is 6.14. The number of fused-ring (bicyclic) bond motifs is 1. The molecular formula is C31H33N3O5S. The van der Waals surface area contributed by atoms with Crippen molar-refractivity contribution >= 4 is 51.3 Å². The number of carbonyl (C=O) groups excluding carboxylic acids is 2. The number of nitrogens with zero attached hydrogens (tertiary/aromatic N) is 3. The number of methoxy groups -OCH3 is 1. The first kappa shape index (κ1) is 27.6. The first-order chi connectivity index (χ1) is 19.4. The van der Waals surface area contributed by atoms with Gasteiger partial charge < -0.3 is 24.0 Å². The topological polar surface area (TPSA) is 93.4 Å². The molecular weight excluding hydrogens is 526 g/mol. The number of rotatable bonds is 8. The Balaban J connectivity index is 1.56. The Morgan fingerprint density at radius 3 is 2.52 bits per heavy atom. The van der Waals surface area contributed by atoms with Gasteiger partial charge in [-0.05, 0) is 62.1 Å². The average molecular weight is 560 g/mol. The maximum atomic E-state index is 13.1. The number of aliphatic hydroxyl groups is 1. The number of hydrogen-bond donors (Lipinski definition) is 1. The van der Waals surface area contributed by atoms with Crippen molar-refractivity contribution in [3.05, 3.63) is 76.0 Å². The minimum atomic E-state index is -0.630. The SMILES string of the molecule is CCOC(=O)C1=C(O)/C(=C/c2cn(CC(=O)N3CCCC3)c3c(CC)cccc23)SC1=Nc1ccc(OC)cc1. The van der Waals surface area contributed by atoms with E-state index < -0.39 is 5.97 Å². The summed E-state index contributed by atoms with van der Waals surface area (Å²) < 4.78 is 12.5. The first-order valence-electron chi connectivity index (χ1n) is 13.5. The van der Waals surface area contributed by atoms with Crippen molar-refractivity contribution in [3.63, 3.8) is 0 Å². The fraction of sp³-hybridized carbons (Fsp3) is 0.323. The van der Waals surface area contributed by atoms with E-state index in [1.54, 1.807) is 38.3 Å². The van der Waals surface area contributed by atoms with Gasteiger partial charge in [-0.15, -0.1) is 0 Å². The van der Waals surface area contributed by atoms with E-state index in [4.69, 9.17) is 9.47 Å². The van der Waals surface area contributed by atoms with Gasteiger partial charge in [0, 0.05) is 30.2 Å². The average Bonchev–Trinajstić information content (AvgIpc) is 3.69. The smallest absolute Gasteiger partial charge is 0.344 e. The standard InChI is InChI=1S/C31H33N3O5S/c1-4-20-9-8-10-24-21(18-34(28(20)24)19-26(35)33-15-6-7-16-33)17-25-29(36)27(31(37)39-5-2)30(40-25)32-22-11-13-23(38-3)14-12-22/h8-14,17-18,36H,4-7,15-16,19H2,1-3H3/b25-17-,32-30?. The fourth-order valence-electron chi connectivity index (χ4n) is 5.11. The summed E-state index contributed by atoms with van der Waals surface area (Å²) >= 11 is 1.21. The molecule has 1 fully saturated rings. The van der Waals surface area contributed by atoms with Crippen LogP contribution in [0, 0.1) is 0 Å². The summed E-state index contributed by atoms with van der Waals surface area (Å²) in [6.45, 7) is 5.85. The summed E-state index contributed by atoms with van der Waals surface area (Å²) in [5, 5.41) is 12.6. The Labute approximate surface area is 238 Å². The van der Waals surface area contributed by atoms with E-state index in [1.807, 2.05) is 33.9 Å². The molecule has 40 heavy (non-hydrogen) atoms. The molecule has 8 nitrogen and oxygen atoms in total. The number of para-hydroxylation sites is 1. The van der Waals surface area contributed by atoms with E-state index in [-0.39, 0.29) is 30.4 Å². The van der Waals surface area contributed by atoms with E-state index in [9.17, 15) is 14.7 Å². The van der Waals surface area contributed by atoms with Crippen LogP contribution >= 0.6 is 11.8 Å². The molecule has 0 atom stereocenters. The molecule has 0 aliphatic carbocycles. The number of likely N-dealkylation sites (tertiary alicyclic amines) is 1. The maximum Gasteiger partial charge on any atom is 0.344 e. The van der Waals surface area contributed by atoms with Gasteiger partial charge in [-0.1, -0.05) is 36.9 Å². The highest BCUT2D eigenvalue weighted by atomic mass is 32.2. The van der Waals surface area contributed by atoms with Crippen LogP contribution < -0.4 is 4.74 Å². The van der Waals surface area contributed by atoms with E-state index in [0.29, 0.717) is 21.4 Å². The molecule has 1 saturated heterocycles. The zero-order chi connectivity index (χ0) is 28.2. The van der Waals surface area contributed by atoms with Crippen LogP contribution in [0.25, 0.3) is 17.0 Å². The minimum Gasteiger partial charge on any atom is -0.506 e. The van der Waals surface area contributed by atoms with Crippen molar-refractivity contribution in [2.75, 3.05) is 26.8 Å². The number of aliphatic imine (C=N–C) groups is 1. The van der Waals surface area contributed by atoms with Crippen molar-refractivity contribution in [1.82, 2.24) is 9.47 Å². The first-order valence-corrected chi connectivity index (χ1v) is 14.4. The number of esters is 1. The number of aliphatic hydroxyl groups excluding tert-OH is 1. The van der Waals surface area contributed by atoms with Crippen LogP contribution in [-0.2, 0) is 27.3 Å². The van der Waals surface area contributed by atoms with Crippen LogP contribution in [-0.4, -0.2) is 58.3 Å². The highest BCUT2D eigenvalue weighted by Gasteiger charge is 2.33. The third-order valence-corrected chi connectivity index (χ3v) is 8.14. The molecule has 2 aliphatic heterocycles. The number of amides is 1. The zero-order valence-corrected chi connectivity index (χ0v) is 23.8. The molecule has 5 rings (SSSR count). The Bertz CT molecular complexity index is 1530. The van der Waals surface area contributed by atoms with E-state index >= 15 is 0 Å². The van der Waals surface area contributed by atoms with Crippen LogP contribution in [0.2, 0.25) is 0 Å². The Morgan fingerprint density at radius 1 is 1.10 bits per heavy atom. The molecule has 2 aromatic carbocycles. The van der Waals surface area contributed by atoms with Crippen LogP contribution in [0.15, 0.2) is 69.9 Å². The molecule has 0 unspecified atom stereocenters. The van der Waals surface area contributed by atoms with Crippen LogP contribution in [0.3, 0.4) is 0 Å².